The van der Waals surface area contributed by atoms with Gasteiger partial charge in [-0.15, -0.1) is 0 Å². The van der Waals surface area contributed by atoms with Crippen molar-refractivity contribution in [3.05, 3.63) is 54.1 Å². The average Bonchev–Trinajstić information content (AvgIpc) is 2.80. The maximum Gasteiger partial charge on any atom is 0.292 e. The third-order valence-electron chi connectivity index (χ3n) is 5.08. The van der Waals surface area contributed by atoms with Crippen molar-refractivity contribution in [1.82, 2.24) is 15.0 Å². The van der Waals surface area contributed by atoms with E-state index in [1.807, 2.05) is 19.1 Å². The van der Waals surface area contributed by atoms with Crippen LogP contribution >= 0.6 is 0 Å². The Hall–Kier alpha value is -3.77. The van der Waals surface area contributed by atoms with Gasteiger partial charge in [0.15, 0.2) is 0 Å². The summed E-state index contributed by atoms with van der Waals surface area (Å²) in [6, 6.07) is 12.9. The van der Waals surface area contributed by atoms with Gasteiger partial charge >= 0.3 is 0 Å². The van der Waals surface area contributed by atoms with Crippen molar-refractivity contribution in [3.8, 4) is 0 Å². The van der Waals surface area contributed by atoms with Gasteiger partial charge in [0.05, 0.1) is 17.1 Å². The number of nitrogens with zero attached hydrogens (tertiary/aromatic N) is 3. The van der Waals surface area contributed by atoms with Gasteiger partial charge in [0.25, 0.3) is 11.8 Å². The predicted octanol–water partition coefficient (Wildman–Crippen LogP) is 0.00392. The zero-order chi connectivity index (χ0) is 23.6. The van der Waals surface area contributed by atoms with Crippen LogP contribution in [0.1, 0.15) is 5.56 Å². The number of carbonyl (C=O) groups is 3. The summed E-state index contributed by atoms with van der Waals surface area (Å²) in [5.74, 6) is -1.42. The molecule has 0 unspecified atom stereocenters. The summed E-state index contributed by atoms with van der Waals surface area (Å²) in [5, 5.41) is 6.42. The van der Waals surface area contributed by atoms with Gasteiger partial charge in [0.2, 0.25) is 21.8 Å². The van der Waals surface area contributed by atoms with Gasteiger partial charge in [-0.3, -0.25) is 24.8 Å². The summed E-state index contributed by atoms with van der Waals surface area (Å²) >= 11 is 0. The zero-order valence-electron chi connectivity index (χ0n) is 17.7. The molecule has 0 aliphatic carbocycles. The normalized spacial score (nSPS) is 17.1. The van der Waals surface area contributed by atoms with Crippen molar-refractivity contribution in [2.45, 2.75) is 11.8 Å². The molecule has 2 aromatic carbocycles. The first kappa shape index (κ1) is 22.4. The Labute approximate surface area is 190 Å². The number of aliphatic imine (C=N–C) groups is 1. The molecule has 2 aromatic rings. The number of anilines is 2. The van der Waals surface area contributed by atoms with E-state index in [-0.39, 0.29) is 54.4 Å². The zero-order valence-corrected chi connectivity index (χ0v) is 18.6. The molecule has 0 saturated carbocycles. The maximum absolute atomic E-state index is 12.9. The highest BCUT2D eigenvalue weighted by Gasteiger charge is 2.30. The number of carbonyl (C=O) groups excluding carboxylic acids is 3. The van der Waals surface area contributed by atoms with Gasteiger partial charge in [-0.25, -0.2) is 13.4 Å². The molecule has 2 aliphatic heterocycles. The molecule has 11 nitrogen and oxygen atoms in total. The van der Waals surface area contributed by atoms with Gasteiger partial charge in [-0.05, 0) is 37.3 Å². The molecule has 172 valence electrons. The molecule has 0 radical (unpaired) electrons. The highest BCUT2D eigenvalue weighted by molar-refractivity contribution is 7.89. The second kappa shape index (κ2) is 9.00. The fourth-order valence-corrected chi connectivity index (χ4v) is 4.78. The summed E-state index contributed by atoms with van der Waals surface area (Å²) in [5.41, 5.74) is 4.52. The standard InChI is InChI=1S/C21H22N6O5S/c1-14-5-7-16(8-6-14)27-19(29)12-23-20(25-27)21(30)24-15-3-2-4-17(11-15)33(31,32)26-10-9-22-18(28)13-26/h2-8,11H,9-10,12-13H2,1H3,(H,22,28)(H,23,25)(H,24,30). The molecule has 4 rings (SSSR count). The molecule has 0 bridgehead atoms. The molecule has 0 atom stereocenters. The predicted molar refractivity (Wildman–Crippen MR) is 121 cm³/mol. The van der Waals surface area contributed by atoms with E-state index in [0.717, 1.165) is 9.87 Å². The van der Waals surface area contributed by atoms with Crippen LogP contribution in [-0.2, 0) is 24.4 Å². The fourth-order valence-electron chi connectivity index (χ4n) is 3.34. The van der Waals surface area contributed by atoms with Crippen LogP contribution < -0.4 is 21.1 Å². The first-order chi connectivity index (χ1) is 15.7. The summed E-state index contributed by atoms with van der Waals surface area (Å²) < 4.78 is 26.9. The van der Waals surface area contributed by atoms with Crippen LogP contribution in [0.2, 0.25) is 0 Å². The lowest BCUT2D eigenvalue weighted by molar-refractivity contribution is -0.122. The molecule has 2 aliphatic rings. The molecular formula is C21H22N6O5S. The minimum Gasteiger partial charge on any atom is -0.354 e. The number of benzene rings is 2. The highest BCUT2D eigenvalue weighted by atomic mass is 32.2. The Balaban J connectivity index is 1.49. The van der Waals surface area contributed by atoms with Crippen molar-refractivity contribution >= 4 is 45.0 Å². The van der Waals surface area contributed by atoms with Crippen molar-refractivity contribution in [3.63, 3.8) is 0 Å². The molecule has 33 heavy (non-hydrogen) atoms. The first-order valence-corrected chi connectivity index (χ1v) is 11.6. The van der Waals surface area contributed by atoms with Crippen LogP contribution in [0.4, 0.5) is 11.4 Å². The third-order valence-corrected chi connectivity index (χ3v) is 6.92. The fraction of sp³-hybridized carbons (Fsp3) is 0.238. The number of aryl methyl sites for hydroxylation is 1. The van der Waals surface area contributed by atoms with Crippen LogP contribution in [0.5, 0.6) is 0 Å². The van der Waals surface area contributed by atoms with Crippen LogP contribution in [0.15, 0.2) is 58.4 Å². The molecular weight excluding hydrogens is 448 g/mol. The van der Waals surface area contributed by atoms with E-state index in [2.05, 4.69) is 21.1 Å². The third kappa shape index (κ3) is 4.86. The molecule has 0 aromatic heterocycles. The first-order valence-electron chi connectivity index (χ1n) is 10.1. The average molecular weight is 471 g/mol. The van der Waals surface area contributed by atoms with Crippen molar-refractivity contribution < 1.29 is 22.8 Å². The number of sulfonamides is 1. The molecule has 3 N–H and O–H groups in total. The van der Waals surface area contributed by atoms with E-state index in [9.17, 15) is 22.8 Å². The number of piperazine rings is 1. The number of hydrogen-bond donors (Lipinski definition) is 3. The smallest absolute Gasteiger partial charge is 0.292 e. The largest absolute Gasteiger partial charge is 0.354 e. The van der Waals surface area contributed by atoms with Crippen molar-refractivity contribution in [2.75, 3.05) is 36.5 Å². The van der Waals surface area contributed by atoms with Gasteiger partial charge in [0.1, 0.15) is 6.54 Å². The van der Waals surface area contributed by atoms with Gasteiger partial charge < -0.3 is 10.6 Å². The van der Waals surface area contributed by atoms with E-state index in [1.54, 1.807) is 12.1 Å². The topological polar surface area (TPSA) is 140 Å². The minimum atomic E-state index is -3.91. The van der Waals surface area contributed by atoms with Crippen LogP contribution in [0.25, 0.3) is 0 Å². The Morgan fingerprint density at radius 3 is 2.61 bits per heavy atom. The molecule has 1 fully saturated rings. The number of rotatable bonds is 5. The Morgan fingerprint density at radius 2 is 1.88 bits per heavy atom. The summed E-state index contributed by atoms with van der Waals surface area (Å²) in [7, 11) is -3.91. The van der Waals surface area contributed by atoms with Crippen LogP contribution in [0, 0.1) is 6.92 Å². The lowest BCUT2D eigenvalue weighted by Gasteiger charge is -2.28. The SMILES string of the molecule is Cc1ccc(N2NC(C(=O)Nc3cccc(S(=O)(=O)N4CCNC(=O)C4)c3)=NCC2=O)cc1. The van der Waals surface area contributed by atoms with Crippen LogP contribution in [-0.4, -0.2) is 62.5 Å². The second-order valence-electron chi connectivity index (χ2n) is 7.51. The van der Waals surface area contributed by atoms with Gasteiger partial charge in [-0.1, -0.05) is 23.8 Å². The number of hydrazine groups is 1. The summed E-state index contributed by atoms with van der Waals surface area (Å²) in [4.78, 5) is 40.5. The molecule has 1 saturated heterocycles. The highest BCUT2D eigenvalue weighted by Crippen LogP contribution is 2.21. The number of amidine groups is 1. The Morgan fingerprint density at radius 1 is 1.12 bits per heavy atom. The molecule has 3 amide bonds. The number of amides is 3. The van der Waals surface area contributed by atoms with E-state index < -0.39 is 15.9 Å². The van der Waals surface area contributed by atoms with E-state index in [1.165, 1.54) is 29.3 Å². The maximum atomic E-state index is 12.9. The quantitative estimate of drug-likeness (QED) is 0.562. The molecule has 12 heteroatoms. The Kier molecular flexibility index (Phi) is 6.11. The minimum absolute atomic E-state index is 0.0509. The lowest BCUT2D eigenvalue weighted by Crippen LogP contribution is -2.54. The molecule has 0 spiro atoms. The Bertz CT molecular complexity index is 1240. The molecule has 2 heterocycles. The van der Waals surface area contributed by atoms with Crippen LogP contribution in [0.3, 0.4) is 0 Å². The number of nitrogens with one attached hydrogen (secondary N) is 3. The van der Waals surface area contributed by atoms with Crippen molar-refractivity contribution in [1.29, 1.82) is 0 Å². The van der Waals surface area contributed by atoms with E-state index in [0.29, 0.717) is 5.69 Å². The van der Waals surface area contributed by atoms with E-state index in [4.69, 9.17) is 0 Å². The van der Waals surface area contributed by atoms with Crippen molar-refractivity contribution in [2.24, 2.45) is 4.99 Å². The monoisotopic (exact) mass is 470 g/mol. The summed E-state index contributed by atoms with van der Waals surface area (Å²) in [6.45, 7) is 1.84. The summed E-state index contributed by atoms with van der Waals surface area (Å²) in [6.07, 6.45) is 0. The number of hydrogen-bond acceptors (Lipinski definition) is 7. The van der Waals surface area contributed by atoms with Gasteiger partial charge in [0, 0.05) is 18.8 Å². The van der Waals surface area contributed by atoms with E-state index >= 15 is 0 Å². The van der Waals surface area contributed by atoms with Gasteiger partial charge in [-0.2, -0.15) is 4.31 Å². The second-order valence-corrected chi connectivity index (χ2v) is 9.45. The lowest BCUT2D eigenvalue weighted by atomic mass is 10.2.